The number of hydrogen-bond acceptors (Lipinski definition) is 3. The van der Waals surface area contributed by atoms with Crippen LogP contribution in [0.3, 0.4) is 0 Å². The second kappa shape index (κ2) is 7.83. The third-order valence-corrected chi connectivity index (χ3v) is 3.80. The zero-order valence-corrected chi connectivity index (χ0v) is 12.3. The predicted octanol–water partition coefficient (Wildman–Crippen LogP) is 2.78. The summed E-state index contributed by atoms with van der Waals surface area (Å²) >= 11 is 0. The van der Waals surface area contributed by atoms with Gasteiger partial charge in [0, 0.05) is 0 Å². The van der Waals surface area contributed by atoms with Gasteiger partial charge in [0.2, 0.25) is 0 Å². The molecule has 108 valence electrons. The molecule has 0 saturated carbocycles. The molecule has 2 atom stereocenters. The maximum Gasteiger partial charge on any atom is 0.106 e. The number of nitrogens with zero attached hydrogens (tertiary/aromatic N) is 1. The lowest BCUT2D eigenvalue weighted by Gasteiger charge is -2.31. The molecule has 3 heteroatoms. The average molecular weight is 265 g/mol. The van der Waals surface area contributed by atoms with E-state index >= 15 is 0 Å². The van der Waals surface area contributed by atoms with Gasteiger partial charge >= 0.3 is 0 Å². The summed E-state index contributed by atoms with van der Waals surface area (Å²) in [5.41, 5.74) is 1.40. The Balaban J connectivity index is 1.68. The molecule has 19 heavy (non-hydrogen) atoms. The van der Waals surface area contributed by atoms with Crippen molar-refractivity contribution < 1.29 is 9.47 Å². The number of hydrogen-bond donors (Lipinski definition) is 0. The van der Waals surface area contributed by atoms with E-state index in [2.05, 4.69) is 37.1 Å². The summed E-state index contributed by atoms with van der Waals surface area (Å²) in [5.74, 6) is 0. The molecule has 0 N–H and O–H groups in total. The van der Waals surface area contributed by atoms with Crippen LogP contribution in [0.15, 0.2) is 23.8 Å². The second-order valence-corrected chi connectivity index (χ2v) is 5.53. The molecule has 1 heterocycles. The third-order valence-electron chi connectivity index (χ3n) is 3.80. The lowest BCUT2D eigenvalue weighted by molar-refractivity contribution is -0.102. The third kappa shape index (κ3) is 4.75. The van der Waals surface area contributed by atoms with Gasteiger partial charge in [-0.05, 0) is 51.0 Å². The summed E-state index contributed by atoms with van der Waals surface area (Å²) in [7, 11) is 2.22. The topological polar surface area (TPSA) is 21.7 Å². The Morgan fingerprint density at radius 1 is 1.16 bits per heavy atom. The van der Waals surface area contributed by atoms with Crippen LogP contribution in [0.1, 0.15) is 32.6 Å². The quantitative estimate of drug-likeness (QED) is 0.706. The largest absolute Gasteiger partial charge is 0.369 e. The van der Waals surface area contributed by atoms with E-state index in [4.69, 9.17) is 9.47 Å². The standard InChI is InChI=1S/C16H27NO2/c1-3-4-9-17(2)10-5-6-14-7-8-15-16(13-14)19-12-11-18-15/h7-8,13,15-16H,3-6,9-12H2,1-2H3. The summed E-state index contributed by atoms with van der Waals surface area (Å²) in [6.45, 7) is 6.08. The molecule has 0 aromatic carbocycles. The van der Waals surface area contributed by atoms with Gasteiger partial charge in [0.1, 0.15) is 12.2 Å². The van der Waals surface area contributed by atoms with Crippen LogP contribution in [-0.2, 0) is 9.47 Å². The van der Waals surface area contributed by atoms with Gasteiger partial charge < -0.3 is 14.4 Å². The van der Waals surface area contributed by atoms with E-state index in [9.17, 15) is 0 Å². The maximum absolute atomic E-state index is 5.73. The lowest BCUT2D eigenvalue weighted by Crippen LogP contribution is -2.37. The molecule has 2 unspecified atom stereocenters. The molecule has 0 aromatic rings. The van der Waals surface area contributed by atoms with E-state index < -0.39 is 0 Å². The average Bonchev–Trinajstić information content (AvgIpc) is 2.45. The summed E-state index contributed by atoms with van der Waals surface area (Å²) < 4.78 is 11.4. The molecular formula is C16H27NO2. The highest BCUT2D eigenvalue weighted by atomic mass is 16.6. The Morgan fingerprint density at radius 2 is 1.89 bits per heavy atom. The number of unbranched alkanes of at least 4 members (excludes halogenated alkanes) is 1. The van der Waals surface area contributed by atoms with Crippen LogP contribution in [0.4, 0.5) is 0 Å². The van der Waals surface area contributed by atoms with Crippen LogP contribution in [0.5, 0.6) is 0 Å². The SMILES string of the molecule is CCCCN(C)CCCC1=CC2OCCOC2C=C1. The van der Waals surface area contributed by atoms with E-state index in [0.29, 0.717) is 0 Å². The van der Waals surface area contributed by atoms with Gasteiger partial charge in [0.15, 0.2) is 0 Å². The van der Waals surface area contributed by atoms with Gasteiger partial charge in [-0.15, -0.1) is 0 Å². The van der Waals surface area contributed by atoms with Crippen LogP contribution in [0.2, 0.25) is 0 Å². The molecule has 0 aromatic heterocycles. The summed E-state index contributed by atoms with van der Waals surface area (Å²) in [6, 6.07) is 0. The smallest absolute Gasteiger partial charge is 0.106 e. The number of ether oxygens (including phenoxy) is 2. The molecule has 1 aliphatic carbocycles. The Morgan fingerprint density at radius 3 is 2.68 bits per heavy atom. The van der Waals surface area contributed by atoms with Gasteiger partial charge in [-0.3, -0.25) is 0 Å². The van der Waals surface area contributed by atoms with Crippen molar-refractivity contribution in [2.75, 3.05) is 33.4 Å². The summed E-state index contributed by atoms with van der Waals surface area (Å²) in [4.78, 5) is 2.43. The second-order valence-electron chi connectivity index (χ2n) is 5.53. The highest BCUT2D eigenvalue weighted by Crippen LogP contribution is 2.22. The Kier molecular flexibility index (Phi) is 6.08. The van der Waals surface area contributed by atoms with Crippen molar-refractivity contribution in [1.29, 1.82) is 0 Å². The van der Waals surface area contributed by atoms with E-state index in [-0.39, 0.29) is 12.2 Å². The minimum Gasteiger partial charge on any atom is -0.369 e. The molecule has 0 amide bonds. The Bertz CT molecular complexity index is 325. The van der Waals surface area contributed by atoms with E-state index in [1.807, 2.05) is 0 Å². The van der Waals surface area contributed by atoms with Gasteiger partial charge in [-0.1, -0.05) is 25.5 Å². The Hall–Kier alpha value is -0.640. The number of rotatable bonds is 7. The highest BCUT2D eigenvalue weighted by molar-refractivity contribution is 5.28. The predicted molar refractivity (Wildman–Crippen MR) is 78.3 cm³/mol. The van der Waals surface area contributed by atoms with E-state index in [1.54, 1.807) is 0 Å². The number of fused-ring (bicyclic) bond motifs is 1. The van der Waals surface area contributed by atoms with Crippen LogP contribution < -0.4 is 0 Å². The Labute approximate surface area is 117 Å². The van der Waals surface area contributed by atoms with Gasteiger partial charge in [0.05, 0.1) is 13.2 Å². The van der Waals surface area contributed by atoms with Gasteiger partial charge in [0.25, 0.3) is 0 Å². The fourth-order valence-electron chi connectivity index (χ4n) is 2.61. The van der Waals surface area contributed by atoms with Crippen molar-refractivity contribution in [3.05, 3.63) is 23.8 Å². The zero-order valence-electron chi connectivity index (χ0n) is 12.3. The highest BCUT2D eigenvalue weighted by Gasteiger charge is 2.25. The van der Waals surface area contributed by atoms with Crippen molar-refractivity contribution >= 4 is 0 Å². The molecular weight excluding hydrogens is 238 g/mol. The molecule has 2 rings (SSSR count). The fourth-order valence-corrected chi connectivity index (χ4v) is 2.61. The van der Waals surface area contributed by atoms with Crippen LogP contribution in [0.25, 0.3) is 0 Å². The molecule has 0 bridgehead atoms. The molecule has 1 aliphatic heterocycles. The van der Waals surface area contributed by atoms with E-state index in [0.717, 1.165) is 19.6 Å². The van der Waals surface area contributed by atoms with Crippen molar-refractivity contribution in [1.82, 2.24) is 4.90 Å². The molecule has 1 fully saturated rings. The van der Waals surface area contributed by atoms with Crippen molar-refractivity contribution in [2.24, 2.45) is 0 Å². The van der Waals surface area contributed by atoms with Gasteiger partial charge in [-0.25, -0.2) is 0 Å². The minimum atomic E-state index is 0.143. The van der Waals surface area contributed by atoms with Crippen molar-refractivity contribution in [2.45, 2.75) is 44.8 Å². The fraction of sp³-hybridized carbons (Fsp3) is 0.750. The first-order chi connectivity index (χ1) is 9.29. The first-order valence-corrected chi connectivity index (χ1v) is 7.60. The zero-order chi connectivity index (χ0) is 13.5. The lowest BCUT2D eigenvalue weighted by atomic mass is 9.98. The van der Waals surface area contributed by atoms with Crippen LogP contribution in [0, 0.1) is 0 Å². The molecule has 0 spiro atoms. The van der Waals surface area contributed by atoms with Crippen molar-refractivity contribution in [3.8, 4) is 0 Å². The molecule has 2 aliphatic rings. The van der Waals surface area contributed by atoms with Crippen molar-refractivity contribution in [3.63, 3.8) is 0 Å². The normalized spacial score (nSPS) is 26.4. The van der Waals surface area contributed by atoms with Crippen LogP contribution >= 0.6 is 0 Å². The minimum absolute atomic E-state index is 0.143. The molecule has 1 saturated heterocycles. The number of allylic oxidation sites excluding steroid dienone is 2. The first kappa shape index (κ1) is 14.8. The maximum atomic E-state index is 5.73. The van der Waals surface area contributed by atoms with Gasteiger partial charge in [-0.2, -0.15) is 0 Å². The van der Waals surface area contributed by atoms with Crippen LogP contribution in [-0.4, -0.2) is 50.5 Å². The van der Waals surface area contributed by atoms with E-state index in [1.165, 1.54) is 37.9 Å². The molecule has 3 nitrogen and oxygen atoms in total. The first-order valence-electron chi connectivity index (χ1n) is 7.60. The summed E-state index contributed by atoms with van der Waals surface area (Å²) in [5, 5.41) is 0. The monoisotopic (exact) mass is 265 g/mol. The summed E-state index contributed by atoms with van der Waals surface area (Å²) in [6.07, 6.45) is 11.8. The molecule has 0 radical (unpaired) electrons.